The van der Waals surface area contributed by atoms with Gasteiger partial charge in [-0.2, -0.15) is 0 Å². The SMILES string of the molecule is COc1cc(C[C@@H](O)[C@@H]2NC(=O)[C@@H]3C[C@@H](O)CN3C(=O)[C@H]([C@@H](C)O)NC(=O)[C@@H](NC(=O)c3ccc(-c4nnc(-c5ccc(N6CCN(CC7CCCCC7)CC6)cc5)s4)cc3)C[C@@H](O)CNC(=O)[C@@H]3[C@@H](O)[C@@H](C)CN3C(=O)[C@H]([C@H](O)CCN)NC2=O)ccc1O. The van der Waals surface area contributed by atoms with E-state index < -0.39 is 152 Å². The lowest BCUT2D eigenvalue weighted by molar-refractivity contribution is -0.147. The second-order valence-corrected chi connectivity index (χ2v) is 25.4. The van der Waals surface area contributed by atoms with Crippen LogP contribution in [-0.4, -0.2) is 241 Å². The average molecular weight is 1270 g/mol. The van der Waals surface area contributed by atoms with Crippen LogP contribution < -0.4 is 42.0 Å². The molecule has 28 heteroatoms. The van der Waals surface area contributed by atoms with Gasteiger partial charge in [0.1, 0.15) is 46.3 Å². The lowest BCUT2D eigenvalue weighted by Crippen LogP contribution is -2.64. The van der Waals surface area contributed by atoms with Crippen LogP contribution in [0.2, 0.25) is 0 Å². The van der Waals surface area contributed by atoms with Crippen molar-refractivity contribution in [3.8, 4) is 32.6 Å². The van der Waals surface area contributed by atoms with E-state index in [2.05, 4.69) is 58.7 Å². The van der Waals surface area contributed by atoms with Crippen LogP contribution in [0.15, 0.2) is 66.7 Å². The van der Waals surface area contributed by atoms with E-state index in [0.717, 1.165) is 60.1 Å². The number of hydrogen-bond donors (Lipinski definition) is 13. The predicted molar refractivity (Wildman–Crippen MR) is 329 cm³/mol. The van der Waals surface area contributed by atoms with E-state index in [1.165, 1.54) is 87.4 Å². The van der Waals surface area contributed by atoms with Gasteiger partial charge in [-0.25, -0.2) is 0 Å². The number of fused-ring (bicyclic) bond motifs is 2. The molecule has 0 bridgehead atoms. The molecule has 13 atom stereocenters. The van der Waals surface area contributed by atoms with Crippen molar-refractivity contribution in [2.24, 2.45) is 17.6 Å². The first-order valence-electron chi connectivity index (χ1n) is 30.9. The molecule has 0 unspecified atom stereocenters. The van der Waals surface area contributed by atoms with Gasteiger partial charge in [-0.1, -0.05) is 55.7 Å². The Kier molecular flexibility index (Phi) is 22.4. The van der Waals surface area contributed by atoms with Gasteiger partial charge in [0.15, 0.2) is 11.5 Å². The molecule has 4 aromatic rings. The van der Waals surface area contributed by atoms with Gasteiger partial charge >= 0.3 is 0 Å². The standard InChI is InChI=1S/C62H84N12O15S/c1-33-30-74-52(53(33)81)58(86)64-29-41(76)27-43(65-54(82)37-10-12-38(13-11-37)59-69-70-60(90-59)39-14-16-40(17-15-39)72-23-21-71(22-24-72)31-35-7-5-4-6-8-35)55(83)66-49(34(2)75)61(87)73-32-42(77)28-44(73)56(84)67-50(57(85)68-51(62(74)88)46(79)19-20-63)47(80)25-36-9-18-45(78)48(26-36)89-3/h9-18,26,33-35,41-44,46-47,49-53,75-81H,4-8,19-25,27-32,63H2,1-3H3,(H,64,86)(H,65,82)(H,66,83)(H,67,84)(H,68,85)/t33-,34+,41+,42+,43-,44-,46+,47+,49-,50-,51-,52-,53-/m0/s1. The fourth-order valence-electron chi connectivity index (χ4n) is 12.7. The number of benzene rings is 3. The highest BCUT2D eigenvalue weighted by molar-refractivity contribution is 7.17. The van der Waals surface area contributed by atoms with E-state index in [1.54, 1.807) is 19.1 Å². The van der Waals surface area contributed by atoms with Crippen molar-refractivity contribution in [1.29, 1.82) is 0 Å². The minimum Gasteiger partial charge on any atom is -0.504 e. The van der Waals surface area contributed by atoms with E-state index in [9.17, 15) is 69.3 Å². The first-order chi connectivity index (χ1) is 43.1. The van der Waals surface area contributed by atoms with Crippen LogP contribution in [0.25, 0.3) is 21.1 Å². The molecular formula is C62H84N12O15S. The number of nitrogens with zero attached hydrogens (tertiary/aromatic N) is 6. The number of amides is 7. The monoisotopic (exact) mass is 1270 g/mol. The number of aromatic nitrogens is 2. The summed E-state index contributed by atoms with van der Waals surface area (Å²) < 4.78 is 5.20. The largest absolute Gasteiger partial charge is 0.504 e. The van der Waals surface area contributed by atoms with Crippen LogP contribution in [0.3, 0.4) is 0 Å². The van der Waals surface area contributed by atoms with Gasteiger partial charge in [-0.05, 0) is 92.7 Å². The summed E-state index contributed by atoms with van der Waals surface area (Å²) in [5.41, 5.74) is 8.80. The number of ether oxygens (including phenoxy) is 1. The summed E-state index contributed by atoms with van der Waals surface area (Å²) in [5.74, 6) is -7.68. The molecule has 14 N–H and O–H groups in total. The van der Waals surface area contributed by atoms with Crippen LogP contribution >= 0.6 is 11.3 Å². The van der Waals surface area contributed by atoms with E-state index in [-0.39, 0.29) is 42.1 Å². The third-order valence-electron chi connectivity index (χ3n) is 17.8. The number of carbonyl (C=O) groups is 7. The third kappa shape index (κ3) is 16.0. The number of phenolic OH excluding ortho intramolecular Hbond substituents is 1. The molecule has 7 amide bonds. The Balaban J connectivity index is 0.945. The van der Waals surface area contributed by atoms with Gasteiger partial charge in [-0.3, -0.25) is 38.5 Å². The zero-order valence-electron chi connectivity index (χ0n) is 50.7. The molecule has 1 saturated carbocycles. The molecule has 5 fully saturated rings. The summed E-state index contributed by atoms with van der Waals surface area (Å²) >= 11 is 1.36. The highest BCUT2D eigenvalue weighted by atomic mass is 32.1. The average Bonchev–Trinajstić information content (AvgIpc) is 1.68. The lowest BCUT2D eigenvalue weighted by atomic mass is 9.89. The number of methoxy groups -OCH3 is 1. The maximum Gasteiger partial charge on any atom is 0.251 e. The van der Waals surface area contributed by atoms with Gasteiger partial charge in [0.2, 0.25) is 35.4 Å². The van der Waals surface area contributed by atoms with Crippen molar-refractivity contribution in [3.63, 3.8) is 0 Å². The number of rotatable bonds is 15. The van der Waals surface area contributed by atoms with Gasteiger partial charge in [-0.15, -0.1) is 10.2 Å². The van der Waals surface area contributed by atoms with Crippen LogP contribution in [0.1, 0.15) is 81.1 Å². The van der Waals surface area contributed by atoms with Crippen molar-refractivity contribution in [3.05, 3.63) is 77.9 Å². The van der Waals surface area contributed by atoms with Crippen molar-refractivity contribution < 1.29 is 74.0 Å². The Hall–Kier alpha value is -7.41. The maximum atomic E-state index is 14.7. The van der Waals surface area contributed by atoms with E-state index in [4.69, 9.17) is 10.5 Å². The van der Waals surface area contributed by atoms with E-state index in [1.807, 2.05) is 12.1 Å². The number of nitrogens with two attached hydrogens (primary N) is 1. The summed E-state index contributed by atoms with van der Waals surface area (Å²) in [6.45, 7) is 6.23. The van der Waals surface area contributed by atoms with E-state index >= 15 is 0 Å². The lowest BCUT2D eigenvalue weighted by Gasteiger charge is -2.38. The normalized spacial score (nSPS) is 27.5. The molecule has 0 radical (unpaired) electrons. The Morgan fingerprint density at radius 3 is 2.02 bits per heavy atom. The number of carbonyl (C=O) groups excluding carboxylic acids is 7. The fraction of sp³-hybridized carbons (Fsp3) is 0.565. The summed E-state index contributed by atoms with van der Waals surface area (Å²) in [4.78, 5) is 108. The molecule has 4 aliphatic heterocycles. The summed E-state index contributed by atoms with van der Waals surface area (Å²) in [7, 11) is 1.28. The van der Waals surface area contributed by atoms with Crippen LogP contribution in [-0.2, 0) is 35.2 Å². The Morgan fingerprint density at radius 1 is 0.744 bits per heavy atom. The van der Waals surface area contributed by atoms with Crippen molar-refractivity contribution in [2.45, 2.75) is 145 Å². The fourth-order valence-corrected chi connectivity index (χ4v) is 13.5. The molecule has 5 aliphatic rings. The number of β-amino-alcohol motifs (C(OH)–C–C–N with tert-alkyl or cyclic N) is 1. The van der Waals surface area contributed by atoms with Gasteiger partial charge < -0.3 is 87.5 Å². The summed E-state index contributed by atoms with van der Waals surface area (Å²) in [6, 6.07) is 7.69. The zero-order chi connectivity index (χ0) is 64.5. The second-order valence-electron chi connectivity index (χ2n) is 24.4. The quantitative estimate of drug-likeness (QED) is 0.0650. The van der Waals surface area contributed by atoms with Crippen LogP contribution in [0.4, 0.5) is 5.69 Å². The molecular weight excluding hydrogens is 1180 g/mol. The second kappa shape index (κ2) is 30.1. The van der Waals surface area contributed by atoms with E-state index in [0.29, 0.717) is 15.6 Å². The van der Waals surface area contributed by atoms with Crippen molar-refractivity contribution >= 4 is 58.4 Å². The molecule has 27 nitrogen and oxygen atoms in total. The van der Waals surface area contributed by atoms with Crippen LogP contribution in [0.5, 0.6) is 11.5 Å². The van der Waals surface area contributed by atoms with Crippen LogP contribution in [0, 0.1) is 11.8 Å². The summed E-state index contributed by atoms with van der Waals surface area (Å²) in [5, 5.41) is 101. The minimum atomic E-state index is -2.02. The molecule has 3 aromatic carbocycles. The first-order valence-corrected chi connectivity index (χ1v) is 31.7. The molecule has 1 aliphatic carbocycles. The molecule has 0 spiro atoms. The number of nitrogens with one attached hydrogen (secondary N) is 5. The smallest absolute Gasteiger partial charge is 0.251 e. The number of piperazine rings is 1. The zero-order valence-corrected chi connectivity index (χ0v) is 51.5. The first kappa shape index (κ1) is 67.0. The van der Waals surface area contributed by atoms with Crippen molar-refractivity contribution in [2.75, 3.05) is 70.9 Å². The molecule has 4 saturated heterocycles. The molecule has 1 aromatic heterocycles. The number of aliphatic hydroxyl groups is 6. The number of anilines is 1. The number of aromatic hydroxyl groups is 1. The minimum absolute atomic E-state index is 0.000995. The molecule has 5 heterocycles. The molecule has 9 rings (SSSR count). The topological polar surface area (TPSA) is 395 Å². The van der Waals surface area contributed by atoms with Gasteiger partial charge in [0.25, 0.3) is 5.91 Å². The number of phenols is 1. The highest BCUT2D eigenvalue weighted by Gasteiger charge is 2.50. The van der Waals surface area contributed by atoms with Gasteiger partial charge in [0.05, 0.1) is 43.7 Å². The number of aliphatic hydroxyl groups excluding tert-OH is 6. The maximum absolute atomic E-state index is 14.7. The summed E-state index contributed by atoms with van der Waals surface area (Å²) in [6.07, 6.45) is -4.99. The molecule has 488 valence electrons. The molecule has 90 heavy (non-hydrogen) atoms. The Morgan fingerprint density at radius 2 is 1.38 bits per heavy atom. The third-order valence-corrected chi connectivity index (χ3v) is 18.8. The number of hydrogen-bond acceptors (Lipinski definition) is 21. The van der Waals surface area contributed by atoms with Crippen molar-refractivity contribution in [1.82, 2.24) is 51.5 Å². The Labute approximate surface area is 525 Å². The van der Waals surface area contributed by atoms with Gasteiger partial charge in [0, 0.05) is 99.9 Å². The Bertz CT molecular complexity index is 3160. The highest BCUT2D eigenvalue weighted by Crippen LogP contribution is 2.33. The predicted octanol–water partition coefficient (Wildman–Crippen LogP) is -1.41.